The number of carbonyl (C=O) groups is 3. The molecule has 1 saturated heterocycles. The number of anilines is 1. The second-order valence-electron chi connectivity index (χ2n) is 10.2. The fourth-order valence-corrected chi connectivity index (χ4v) is 6.78. The van der Waals surface area contributed by atoms with Gasteiger partial charge in [-0.25, -0.2) is 9.59 Å². The number of urea groups is 1. The summed E-state index contributed by atoms with van der Waals surface area (Å²) in [5.74, 6) is 0.785. The number of nitrogens with zero attached hydrogens (tertiary/aromatic N) is 1. The molecular formula is C25H33N3O4S. The largest absolute Gasteiger partial charge is 0.458 e. The summed E-state index contributed by atoms with van der Waals surface area (Å²) in [7, 11) is 0. The summed E-state index contributed by atoms with van der Waals surface area (Å²) in [6.45, 7) is 7.77. The quantitative estimate of drug-likeness (QED) is 0.502. The fourth-order valence-electron chi connectivity index (χ4n) is 5.21. The van der Waals surface area contributed by atoms with Crippen LogP contribution in [-0.2, 0) is 14.3 Å². The lowest BCUT2D eigenvalue weighted by Gasteiger charge is -2.43. The summed E-state index contributed by atoms with van der Waals surface area (Å²) in [6, 6.07) is 7.00. The van der Waals surface area contributed by atoms with E-state index in [-0.39, 0.29) is 30.3 Å². The van der Waals surface area contributed by atoms with E-state index in [0.29, 0.717) is 23.9 Å². The highest BCUT2D eigenvalue weighted by molar-refractivity contribution is 8.01. The number of rotatable bonds is 5. The third kappa shape index (κ3) is 4.90. The van der Waals surface area contributed by atoms with Gasteiger partial charge in [0.2, 0.25) is 5.91 Å². The summed E-state index contributed by atoms with van der Waals surface area (Å²) < 4.78 is 5.86. The molecule has 2 N–H and O–H groups in total. The lowest BCUT2D eigenvalue weighted by Crippen LogP contribution is -2.60. The van der Waals surface area contributed by atoms with Gasteiger partial charge in [0.1, 0.15) is 5.60 Å². The number of nitrogens with one attached hydrogen (secondary N) is 2. The minimum atomic E-state index is -1.05. The van der Waals surface area contributed by atoms with Gasteiger partial charge in [-0.2, -0.15) is 0 Å². The van der Waals surface area contributed by atoms with Gasteiger partial charge in [-0.05, 0) is 70.1 Å². The van der Waals surface area contributed by atoms with Crippen molar-refractivity contribution in [2.24, 2.45) is 17.8 Å². The van der Waals surface area contributed by atoms with Gasteiger partial charge in [0.25, 0.3) is 0 Å². The highest BCUT2D eigenvalue weighted by Gasteiger charge is 2.61. The van der Waals surface area contributed by atoms with Gasteiger partial charge in [-0.15, -0.1) is 11.8 Å². The normalized spacial score (nSPS) is 28.1. The van der Waals surface area contributed by atoms with Crippen molar-refractivity contribution >= 4 is 35.4 Å². The van der Waals surface area contributed by atoms with Crippen LogP contribution in [0.15, 0.2) is 36.4 Å². The van der Waals surface area contributed by atoms with Crippen LogP contribution < -0.4 is 10.6 Å². The van der Waals surface area contributed by atoms with E-state index in [0.717, 1.165) is 18.4 Å². The van der Waals surface area contributed by atoms with Crippen LogP contribution in [0, 0.1) is 24.7 Å². The molecule has 3 unspecified atom stereocenters. The number of esters is 1. The highest BCUT2D eigenvalue weighted by Crippen LogP contribution is 2.56. The Labute approximate surface area is 199 Å². The number of fused-ring (bicyclic) bond motifs is 2. The molecule has 2 aliphatic carbocycles. The van der Waals surface area contributed by atoms with E-state index in [9.17, 15) is 14.4 Å². The monoisotopic (exact) mass is 471 g/mol. The summed E-state index contributed by atoms with van der Waals surface area (Å²) in [5.41, 5.74) is 1.04. The number of ether oxygens (including phenoxy) is 1. The third-order valence-electron chi connectivity index (χ3n) is 6.49. The second-order valence-corrected chi connectivity index (χ2v) is 11.5. The highest BCUT2D eigenvalue weighted by atomic mass is 32.2. The average Bonchev–Trinajstić information content (AvgIpc) is 3.46. The minimum absolute atomic E-state index is 0.0138. The van der Waals surface area contributed by atoms with Crippen LogP contribution in [0.2, 0.25) is 0 Å². The molecule has 0 aromatic heterocycles. The molecule has 1 aromatic rings. The van der Waals surface area contributed by atoms with E-state index in [1.807, 2.05) is 45.9 Å². The summed E-state index contributed by atoms with van der Waals surface area (Å²) in [4.78, 5) is 40.0. The molecule has 0 radical (unpaired) electrons. The first-order chi connectivity index (χ1) is 15.6. The molecule has 1 saturated carbocycles. The van der Waals surface area contributed by atoms with E-state index in [2.05, 4.69) is 22.8 Å². The maximum Gasteiger partial charge on any atom is 0.343 e. The van der Waals surface area contributed by atoms with Gasteiger partial charge in [0.15, 0.2) is 4.87 Å². The van der Waals surface area contributed by atoms with Gasteiger partial charge in [0.05, 0.1) is 6.54 Å². The van der Waals surface area contributed by atoms with Crippen LogP contribution in [0.3, 0.4) is 0 Å². The molecule has 1 aliphatic heterocycles. The summed E-state index contributed by atoms with van der Waals surface area (Å²) in [6.07, 6.45) is 6.32. The van der Waals surface area contributed by atoms with Crippen LogP contribution in [-0.4, -0.2) is 52.1 Å². The maximum atomic E-state index is 13.6. The van der Waals surface area contributed by atoms with Crippen molar-refractivity contribution in [1.29, 1.82) is 0 Å². The van der Waals surface area contributed by atoms with E-state index >= 15 is 0 Å². The first kappa shape index (κ1) is 23.7. The zero-order valence-corrected chi connectivity index (χ0v) is 20.5. The van der Waals surface area contributed by atoms with Crippen LogP contribution in [0.1, 0.15) is 39.2 Å². The van der Waals surface area contributed by atoms with Crippen molar-refractivity contribution in [3.05, 3.63) is 42.0 Å². The Bertz CT molecular complexity index is 973. The van der Waals surface area contributed by atoms with Crippen LogP contribution in [0.4, 0.5) is 10.5 Å². The molecule has 0 spiro atoms. The lowest BCUT2D eigenvalue weighted by atomic mass is 9.84. The number of hydrogen-bond donors (Lipinski definition) is 2. The van der Waals surface area contributed by atoms with Crippen LogP contribution in [0.5, 0.6) is 0 Å². The number of amides is 3. The molecule has 2 fully saturated rings. The van der Waals surface area contributed by atoms with Crippen molar-refractivity contribution in [3.63, 3.8) is 0 Å². The third-order valence-corrected chi connectivity index (χ3v) is 8.00. The standard InChI is InChI=1S/C25H33N3O4S/c1-16-6-5-7-19(12-16)27-23(31)26-15-21(29)28-10-11-33-25(28,22(30)32-24(2,3)4)20-14-17-8-9-18(20)13-17/h5-9,12,17-18,20H,10-11,13-15H2,1-4H3,(H2,26,27,31)/t17-,18?,20?,25?/m1/s1. The first-order valence-electron chi connectivity index (χ1n) is 11.6. The number of allylic oxidation sites excluding steroid dienone is 2. The number of thioether (sulfide) groups is 1. The Morgan fingerprint density at radius 3 is 2.64 bits per heavy atom. The van der Waals surface area contributed by atoms with E-state index < -0.39 is 16.5 Å². The molecule has 1 heterocycles. The predicted octanol–water partition coefficient (Wildman–Crippen LogP) is 3.94. The molecule has 8 heteroatoms. The SMILES string of the molecule is Cc1cccc(NC(=O)NCC(=O)N2CCSC2(C(=O)OC(C)(C)C)C2C[C@@H]3C=CC2C3)c1. The van der Waals surface area contributed by atoms with E-state index in [4.69, 9.17) is 4.74 Å². The second kappa shape index (κ2) is 9.05. The average molecular weight is 472 g/mol. The zero-order chi connectivity index (χ0) is 23.8. The van der Waals surface area contributed by atoms with E-state index in [1.165, 1.54) is 11.8 Å². The first-order valence-corrected chi connectivity index (χ1v) is 12.5. The van der Waals surface area contributed by atoms with Gasteiger partial charge in [0, 0.05) is 23.9 Å². The Morgan fingerprint density at radius 2 is 2.00 bits per heavy atom. The van der Waals surface area contributed by atoms with Gasteiger partial charge < -0.3 is 20.3 Å². The van der Waals surface area contributed by atoms with Crippen molar-refractivity contribution < 1.29 is 19.1 Å². The van der Waals surface area contributed by atoms with E-state index in [1.54, 1.807) is 11.0 Å². The molecule has 1 aromatic carbocycles. The Kier molecular flexibility index (Phi) is 6.49. The minimum Gasteiger partial charge on any atom is -0.458 e. The van der Waals surface area contributed by atoms with Gasteiger partial charge in [-0.3, -0.25) is 4.79 Å². The summed E-state index contributed by atoms with van der Waals surface area (Å²) in [5, 5.41) is 5.41. The predicted molar refractivity (Wildman–Crippen MR) is 130 cm³/mol. The topological polar surface area (TPSA) is 87.7 Å². The molecule has 33 heavy (non-hydrogen) atoms. The maximum absolute atomic E-state index is 13.6. The summed E-state index contributed by atoms with van der Waals surface area (Å²) >= 11 is 1.52. The number of carbonyl (C=O) groups excluding carboxylic acids is 3. The smallest absolute Gasteiger partial charge is 0.343 e. The molecular weight excluding hydrogens is 438 g/mol. The zero-order valence-electron chi connectivity index (χ0n) is 19.7. The number of benzene rings is 1. The number of aryl methyl sites for hydroxylation is 1. The van der Waals surface area contributed by atoms with Crippen LogP contribution in [0.25, 0.3) is 0 Å². The molecule has 3 amide bonds. The molecule has 4 rings (SSSR count). The van der Waals surface area contributed by atoms with Crippen molar-refractivity contribution in [2.75, 3.05) is 24.2 Å². The van der Waals surface area contributed by atoms with Crippen molar-refractivity contribution in [2.45, 2.75) is 51.0 Å². The lowest BCUT2D eigenvalue weighted by molar-refractivity contribution is -0.169. The van der Waals surface area contributed by atoms with Crippen molar-refractivity contribution in [1.82, 2.24) is 10.2 Å². The molecule has 4 atom stereocenters. The van der Waals surface area contributed by atoms with Gasteiger partial charge >= 0.3 is 12.0 Å². The molecule has 178 valence electrons. The Hall–Kier alpha value is -2.48. The van der Waals surface area contributed by atoms with Gasteiger partial charge in [-0.1, -0.05) is 24.3 Å². The Morgan fingerprint density at radius 1 is 1.21 bits per heavy atom. The fraction of sp³-hybridized carbons (Fsp3) is 0.560. The molecule has 2 bridgehead atoms. The molecule has 3 aliphatic rings. The molecule has 7 nitrogen and oxygen atoms in total. The Balaban J connectivity index is 1.49. The number of hydrogen-bond acceptors (Lipinski definition) is 5. The van der Waals surface area contributed by atoms with Crippen LogP contribution >= 0.6 is 11.8 Å². The van der Waals surface area contributed by atoms with Crippen molar-refractivity contribution in [3.8, 4) is 0 Å².